The highest BCUT2D eigenvalue weighted by Crippen LogP contribution is 2.38. The summed E-state index contributed by atoms with van der Waals surface area (Å²) in [4.78, 5) is 0. The number of furan rings is 1. The van der Waals surface area contributed by atoms with Gasteiger partial charge in [-0.05, 0) is 30.9 Å². The summed E-state index contributed by atoms with van der Waals surface area (Å²) in [5.74, 6) is 7.42. The van der Waals surface area contributed by atoms with Gasteiger partial charge in [0, 0.05) is 5.39 Å². The Bertz CT molecular complexity index is 528. The van der Waals surface area contributed by atoms with E-state index in [1.807, 2.05) is 0 Å². The van der Waals surface area contributed by atoms with Gasteiger partial charge in [0.25, 0.3) is 0 Å². The first-order valence-corrected chi connectivity index (χ1v) is 6.23. The van der Waals surface area contributed by atoms with E-state index in [1.54, 1.807) is 0 Å². The van der Waals surface area contributed by atoms with Gasteiger partial charge < -0.3 is 4.42 Å². The molecule has 1 unspecified atom stereocenters. The molecule has 0 spiro atoms. The van der Waals surface area contributed by atoms with Crippen LogP contribution in [0, 0.1) is 12.8 Å². The summed E-state index contributed by atoms with van der Waals surface area (Å²) in [7, 11) is 0. The smallest absolute Gasteiger partial charge is 0.137 e. The number of hydrogen-bond donors (Lipinski definition) is 2. The minimum absolute atomic E-state index is 0.147. The number of hydrogen-bond acceptors (Lipinski definition) is 3. The highest BCUT2D eigenvalue weighted by atomic mass is 16.3. The summed E-state index contributed by atoms with van der Waals surface area (Å²) in [6.45, 7) is 2.07. The molecular formula is C14H18N2O. The molecule has 17 heavy (non-hydrogen) atoms. The molecule has 1 aliphatic rings. The third-order valence-electron chi connectivity index (χ3n) is 3.57. The molecule has 3 rings (SSSR count). The average molecular weight is 230 g/mol. The molecule has 0 amide bonds. The molecule has 0 aliphatic heterocycles. The molecule has 2 aromatic rings. The van der Waals surface area contributed by atoms with Crippen LogP contribution in [0.4, 0.5) is 0 Å². The maximum atomic E-state index is 5.94. The predicted molar refractivity (Wildman–Crippen MR) is 68.4 cm³/mol. The van der Waals surface area contributed by atoms with Crippen LogP contribution in [0.1, 0.15) is 36.6 Å². The van der Waals surface area contributed by atoms with Gasteiger partial charge in [0.05, 0.1) is 6.04 Å². The van der Waals surface area contributed by atoms with Gasteiger partial charge in [0.1, 0.15) is 11.3 Å². The summed E-state index contributed by atoms with van der Waals surface area (Å²) in [6.07, 6.45) is 3.74. The van der Waals surface area contributed by atoms with Crippen molar-refractivity contribution in [3.05, 3.63) is 35.6 Å². The molecule has 1 aromatic heterocycles. The SMILES string of the molecule is Cc1cccc2cc(C(CC3CC3)NN)oc12. The lowest BCUT2D eigenvalue weighted by Crippen LogP contribution is -2.28. The van der Waals surface area contributed by atoms with Crippen LogP contribution in [0.25, 0.3) is 11.0 Å². The molecule has 0 bridgehead atoms. The predicted octanol–water partition coefficient (Wildman–Crippen LogP) is 3.05. The molecule has 3 nitrogen and oxygen atoms in total. The van der Waals surface area contributed by atoms with Crippen molar-refractivity contribution in [2.24, 2.45) is 11.8 Å². The maximum absolute atomic E-state index is 5.94. The normalized spacial score (nSPS) is 17.5. The first-order chi connectivity index (χ1) is 8.28. The third kappa shape index (κ3) is 2.08. The van der Waals surface area contributed by atoms with Crippen molar-refractivity contribution in [3.63, 3.8) is 0 Å². The third-order valence-corrected chi connectivity index (χ3v) is 3.57. The Hall–Kier alpha value is -1.32. The number of nitrogens with one attached hydrogen (secondary N) is 1. The van der Waals surface area contributed by atoms with Crippen molar-refractivity contribution in [2.75, 3.05) is 0 Å². The van der Waals surface area contributed by atoms with Crippen LogP contribution in [0.3, 0.4) is 0 Å². The van der Waals surface area contributed by atoms with Gasteiger partial charge in [-0.1, -0.05) is 31.0 Å². The van der Waals surface area contributed by atoms with Crippen molar-refractivity contribution in [1.82, 2.24) is 5.43 Å². The number of rotatable bonds is 4. The molecule has 1 aliphatic carbocycles. The fourth-order valence-electron chi connectivity index (χ4n) is 2.35. The van der Waals surface area contributed by atoms with E-state index in [4.69, 9.17) is 10.3 Å². The van der Waals surface area contributed by atoms with Gasteiger partial charge in [0.15, 0.2) is 0 Å². The van der Waals surface area contributed by atoms with Crippen molar-refractivity contribution in [2.45, 2.75) is 32.2 Å². The molecule has 1 saturated carbocycles. The number of benzene rings is 1. The van der Waals surface area contributed by atoms with E-state index in [9.17, 15) is 0 Å². The number of para-hydroxylation sites is 1. The summed E-state index contributed by atoms with van der Waals surface area (Å²) in [5.41, 5.74) is 5.04. The van der Waals surface area contributed by atoms with Crippen LogP contribution in [0.15, 0.2) is 28.7 Å². The Morgan fingerprint density at radius 2 is 2.29 bits per heavy atom. The zero-order valence-electron chi connectivity index (χ0n) is 10.1. The Balaban J connectivity index is 1.95. The lowest BCUT2D eigenvalue weighted by molar-refractivity contribution is 0.401. The van der Waals surface area contributed by atoms with Crippen LogP contribution in [-0.4, -0.2) is 0 Å². The van der Waals surface area contributed by atoms with Crippen LogP contribution < -0.4 is 11.3 Å². The van der Waals surface area contributed by atoms with Gasteiger partial charge in [-0.2, -0.15) is 0 Å². The lowest BCUT2D eigenvalue weighted by atomic mass is 10.1. The molecule has 90 valence electrons. The Morgan fingerprint density at radius 1 is 1.47 bits per heavy atom. The van der Waals surface area contributed by atoms with Crippen molar-refractivity contribution in [3.8, 4) is 0 Å². The van der Waals surface area contributed by atoms with Crippen molar-refractivity contribution < 1.29 is 4.42 Å². The van der Waals surface area contributed by atoms with E-state index in [0.717, 1.165) is 29.1 Å². The topological polar surface area (TPSA) is 51.2 Å². The van der Waals surface area contributed by atoms with Gasteiger partial charge in [0.2, 0.25) is 0 Å². The molecule has 1 heterocycles. The second-order valence-electron chi connectivity index (χ2n) is 5.04. The van der Waals surface area contributed by atoms with E-state index in [2.05, 4.69) is 36.6 Å². The summed E-state index contributed by atoms with van der Waals surface area (Å²) in [5, 5.41) is 1.16. The van der Waals surface area contributed by atoms with Gasteiger partial charge in [-0.15, -0.1) is 0 Å². The van der Waals surface area contributed by atoms with Crippen LogP contribution in [0.5, 0.6) is 0 Å². The van der Waals surface area contributed by atoms with Crippen LogP contribution in [-0.2, 0) is 0 Å². The average Bonchev–Trinajstić information content (AvgIpc) is 3.04. The summed E-state index contributed by atoms with van der Waals surface area (Å²) in [6, 6.07) is 8.47. The largest absolute Gasteiger partial charge is 0.459 e. The first-order valence-electron chi connectivity index (χ1n) is 6.23. The minimum Gasteiger partial charge on any atom is -0.459 e. The number of fused-ring (bicyclic) bond motifs is 1. The summed E-state index contributed by atoms with van der Waals surface area (Å²) >= 11 is 0. The quantitative estimate of drug-likeness (QED) is 0.627. The van der Waals surface area contributed by atoms with E-state index < -0.39 is 0 Å². The molecule has 1 fully saturated rings. The Morgan fingerprint density at radius 3 is 2.94 bits per heavy atom. The molecular weight excluding hydrogens is 212 g/mol. The maximum Gasteiger partial charge on any atom is 0.137 e. The van der Waals surface area contributed by atoms with Crippen LogP contribution >= 0.6 is 0 Å². The highest BCUT2D eigenvalue weighted by molar-refractivity contribution is 5.80. The van der Waals surface area contributed by atoms with E-state index in [-0.39, 0.29) is 6.04 Å². The zero-order chi connectivity index (χ0) is 11.8. The number of nitrogens with two attached hydrogens (primary N) is 1. The van der Waals surface area contributed by atoms with E-state index >= 15 is 0 Å². The van der Waals surface area contributed by atoms with Crippen LogP contribution in [0.2, 0.25) is 0 Å². The minimum atomic E-state index is 0.147. The monoisotopic (exact) mass is 230 g/mol. The van der Waals surface area contributed by atoms with E-state index in [0.29, 0.717) is 0 Å². The Labute approximate surface area is 101 Å². The molecule has 0 radical (unpaired) electrons. The molecule has 3 heteroatoms. The molecule has 3 N–H and O–H groups in total. The van der Waals surface area contributed by atoms with E-state index in [1.165, 1.54) is 18.4 Å². The number of aryl methyl sites for hydroxylation is 1. The highest BCUT2D eigenvalue weighted by Gasteiger charge is 2.27. The first kappa shape index (κ1) is 10.8. The number of hydrazine groups is 1. The van der Waals surface area contributed by atoms with Gasteiger partial charge in [-0.3, -0.25) is 5.84 Å². The lowest BCUT2D eigenvalue weighted by Gasteiger charge is -2.11. The molecule has 1 aromatic carbocycles. The van der Waals surface area contributed by atoms with Gasteiger partial charge >= 0.3 is 0 Å². The Kier molecular flexibility index (Phi) is 2.65. The molecule has 0 saturated heterocycles. The summed E-state index contributed by atoms with van der Waals surface area (Å²) < 4.78 is 5.94. The molecule has 1 atom stereocenters. The second-order valence-corrected chi connectivity index (χ2v) is 5.04. The second kappa shape index (κ2) is 4.17. The fourth-order valence-corrected chi connectivity index (χ4v) is 2.35. The standard InChI is InChI=1S/C14H18N2O/c1-9-3-2-4-11-8-13(17-14(9)11)12(16-15)7-10-5-6-10/h2-4,8,10,12,16H,5-7,15H2,1H3. The van der Waals surface area contributed by atoms with Gasteiger partial charge in [-0.25, -0.2) is 5.43 Å². The fraction of sp³-hybridized carbons (Fsp3) is 0.429. The van der Waals surface area contributed by atoms with Crippen molar-refractivity contribution in [1.29, 1.82) is 0 Å². The van der Waals surface area contributed by atoms with Crippen molar-refractivity contribution >= 4 is 11.0 Å². The zero-order valence-corrected chi connectivity index (χ0v) is 10.1.